The molecule has 1 N–H and O–H groups in total. The molecule has 0 fully saturated rings. The lowest BCUT2D eigenvalue weighted by atomic mass is 9.82. The topological polar surface area (TPSA) is 20.2 Å². The van der Waals surface area contributed by atoms with Gasteiger partial charge in [0.1, 0.15) is 5.75 Å². The van der Waals surface area contributed by atoms with Crippen LogP contribution in [0.3, 0.4) is 0 Å². The highest BCUT2D eigenvalue weighted by Gasteiger charge is 2.22. The zero-order chi connectivity index (χ0) is 15.3. The predicted octanol–water partition coefficient (Wildman–Crippen LogP) is 5.43. The molecular weight excluding hydrogens is 264 g/mol. The summed E-state index contributed by atoms with van der Waals surface area (Å²) in [5, 5.41) is 12.5. The van der Waals surface area contributed by atoms with Gasteiger partial charge in [0, 0.05) is 5.56 Å². The molecule has 2 aromatic rings. The van der Waals surface area contributed by atoms with Gasteiger partial charge in [-0.2, -0.15) is 0 Å². The Morgan fingerprint density at radius 1 is 0.900 bits per heavy atom. The maximum Gasteiger partial charge on any atom is 0.133 e. The molecule has 0 aliphatic rings. The van der Waals surface area contributed by atoms with Crippen molar-refractivity contribution in [2.75, 3.05) is 0 Å². The van der Waals surface area contributed by atoms with Gasteiger partial charge >= 0.3 is 0 Å². The summed E-state index contributed by atoms with van der Waals surface area (Å²) in [4.78, 5) is 0.674. The third-order valence-electron chi connectivity index (χ3n) is 3.76. The van der Waals surface area contributed by atoms with Gasteiger partial charge in [-0.3, -0.25) is 0 Å². The molecule has 0 amide bonds. The van der Waals surface area contributed by atoms with Crippen molar-refractivity contribution in [1.82, 2.24) is 0 Å². The average Bonchev–Trinajstić information content (AvgIpc) is 2.30. The van der Waals surface area contributed by atoms with Crippen molar-refractivity contribution in [2.45, 2.75) is 57.3 Å². The van der Waals surface area contributed by atoms with E-state index in [-0.39, 0.29) is 10.8 Å². The highest BCUT2D eigenvalue weighted by molar-refractivity contribution is 7.80. The van der Waals surface area contributed by atoms with Crippen LogP contribution in [-0.4, -0.2) is 5.11 Å². The molecule has 1 nitrogen and oxygen atoms in total. The summed E-state index contributed by atoms with van der Waals surface area (Å²) >= 11 is 4.52. The van der Waals surface area contributed by atoms with E-state index < -0.39 is 0 Å². The monoisotopic (exact) mass is 288 g/mol. The van der Waals surface area contributed by atoms with Gasteiger partial charge in [-0.05, 0) is 33.2 Å². The molecule has 2 aromatic carbocycles. The van der Waals surface area contributed by atoms with Gasteiger partial charge in [0.25, 0.3) is 0 Å². The van der Waals surface area contributed by atoms with E-state index in [1.54, 1.807) is 0 Å². The molecule has 0 radical (unpaired) electrons. The summed E-state index contributed by atoms with van der Waals surface area (Å²) in [6, 6.07) is 8.49. The lowest BCUT2D eigenvalue weighted by Crippen LogP contribution is -2.12. The van der Waals surface area contributed by atoms with E-state index >= 15 is 0 Å². The van der Waals surface area contributed by atoms with Crippen molar-refractivity contribution in [3.63, 3.8) is 0 Å². The molecule has 0 aromatic heterocycles. The van der Waals surface area contributed by atoms with E-state index in [0.717, 1.165) is 16.3 Å². The van der Waals surface area contributed by atoms with Crippen molar-refractivity contribution in [3.05, 3.63) is 35.4 Å². The highest BCUT2D eigenvalue weighted by Crippen LogP contribution is 2.40. The molecule has 0 aliphatic carbocycles. The summed E-state index contributed by atoms with van der Waals surface area (Å²) < 4.78 is 0. The third-order valence-corrected chi connectivity index (χ3v) is 4.21. The first kappa shape index (κ1) is 15.2. The van der Waals surface area contributed by atoms with Gasteiger partial charge in [-0.15, -0.1) is 12.6 Å². The molecule has 0 aliphatic heterocycles. The molecule has 20 heavy (non-hydrogen) atoms. The number of phenolic OH excluding ortho intramolecular Hbond substituents is 1. The second-order valence-corrected chi connectivity index (χ2v) is 8.00. The summed E-state index contributed by atoms with van der Waals surface area (Å²) in [6.45, 7) is 12.9. The number of aromatic hydroxyl groups is 1. The standard InChI is InChI=1S/C18H24OS/c1-17(2,3)12-7-8-13-11(9-12)10-14(18(4,5)6)15(19)16(13)20/h7-10,19-20H,1-6H3. The van der Waals surface area contributed by atoms with Crippen LogP contribution in [0.15, 0.2) is 29.2 Å². The normalized spacial score (nSPS) is 12.9. The Kier molecular flexibility index (Phi) is 3.58. The number of hydrogen-bond donors (Lipinski definition) is 2. The lowest BCUT2D eigenvalue weighted by molar-refractivity contribution is 0.437. The molecule has 0 bridgehead atoms. The summed E-state index contributed by atoms with van der Waals surface area (Å²) in [5.74, 6) is 0.303. The van der Waals surface area contributed by atoms with Gasteiger partial charge in [-0.25, -0.2) is 0 Å². The second-order valence-electron chi connectivity index (χ2n) is 7.56. The number of fused-ring (bicyclic) bond motifs is 1. The van der Waals surface area contributed by atoms with E-state index in [1.165, 1.54) is 5.56 Å². The molecule has 0 saturated heterocycles. The quantitative estimate of drug-likeness (QED) is 0.619. The first-order valence-electron chi connectivity index (χ1n) is 7.01. The zero-order valence-corrected chi connectivity index (χ0v) is 14.1. The van der Waals surface area contributed by atoms with Crippen LogP contribution in [0.2, 0.25) is 0 Å². The zero-order valence-electron chi connectivity index (χ0n) is 13.2. The Morgan fingerprint density at radius 2 is 1.50 bits per heavy atom. The van der Waals surface area contributed by atoms with Crippen molar-refractivity contribution in [3.8, 4) is 5.75 Å². The van der Waals surface area contributed by atoms with Crippen LogP contribution in [0.5, 0.6) is 5.75 Å². The molecule has 2 rings (SSSR count). The van der Waals surface area contributed by atoms with Crippen molar-refractivity contribution < 1.29 is 5.11 Å². The smallest absolute Gasteiger partial charge is 0.133 e. The second kappa shape index (κ2) is 4.70. The van der Waals surface area contributed by atoms with Gasteiger partial charge in [0.2, 0.25) is 0 Å². The molecule has 0 atom stereocenters. The van der Waals surface area contributed by atoms with E-state index in [0.29, 0.717) is 10.6 Å². The van der Waals surface area contributed by atoms with Gasteiger partial charge in [0.05, 0.1) is 4.90 Å². The molecular formula is C18H24OS. The Labute approximate surface area is 127 Å². The average molecular weight is 288 g/mol. The fourth-order valence-corrected chi connectivity index (χ4v) is 2.74. The third kappa shape index (κ3) is 2.67. The van der Waals surface area contributed by atoms with Crippen LogP contribution in [0.4, 0.5) is 0 Å². The van der Waals surface area contributed by atoms with Crippen LogP contribution in [-0.2, 0) is 10.8 Å². The number of benzene rings is 2. The lowest BCUT2D eigenvalue weighted by Gasteiger charge is -2.24. The molecule has 0 heterocycles. The molecule has 0 spiro atoms. The molecule has 2 heteroatoms. The van der Waals surface area contributed by atoms with Crippen LogP contribution in [0, 0.1) is 0 Å². The van der Waals surface area contributed by atoms with Crippen molar-refractivity contribution >= 4 is 23.4 Å². The van der Waals surface area contributed by atoms with E-state index in [9.17, 15) is 5.11 Å². The first-order valence-corrected chi connectivity index (χ1v) is 7.46. The number of thiol groups is 1. The Hall–Kier alpha value is -1.15. The Balaban J connectivity index is 2.79. The molecule has 108 valence electrons. The van der Waals surface area contributed by atoms with Crippen LogP contribution in [0.1, 0.15) is 52.7 Å². The van der Waals surface area contributed by atoms with E-state index in [4.69, 9.17) is 0 Å². The maximum absolute atomic E-state index is 10.4. The summed E-state index contributed by atoms with van der Waals surface area (Å²) in [7, 11) is 0. The summed E-state index contributed by atoms with van der Waals surface area (Å²) in [5.41, 5.74) is 2.25. The van der Waals surface area contributed by atoms with E-state index in [1.807, 2.05) is 0 Å². The first-order chi connectivity index (χ1) is 9.01. The number of rotatable bonds is 0. The largest absolute Gasteiger partial charge is 0.506 e. The fraction of sp³-hybridized carbons (Fsp3) is 0.444. The Bertz CT molecular complexity index is 658. The maximum atomic E-state index is 10.4. The predicted molar refractivity (Wildman–Crippen MR) is 90.3 cm³/mol. The minimum absolute atomic E-state index is 0.104. The van der Waals surface area contributed by atoms with Gasteiger partial charge in [-0.1, -0.05) is 59.7 Å². The minimum atomic E-state index is -0.104. The number of hydrogen-bond acceptors (Lipinski definition) is 2. The fourth-order valence-electron chi connectivity index (χ4n) is 2.42. The van der Waals surface area contributed by atoms with E-state index in [2.05, 4.69) is 78.4 Å². The minimum Gasteiger partial charge on any atom is -0.506 e. The van der Waals surface area contributed by atoms with Crippen LogP contribution in [0.25, 0.3) is 10.8 Å². The van der Waals surface area contributed by atoms with Gasteiger partial charge in [0.15, 0.2) is 0 Å². The van der Waals surface area contributed by atoms with Crippen LogP contribution >= 0.6 is 12.6 Å². The Morgan fingerprint density at radius 3 is 2.00 bits per heavy atom. The number of phenols is 1. The van der Waals surface area contributed by atoms with Gasteiger partial charge < -0.3 is 5.11 Å². The van der Waals surface area contributed by atoms with Crippen LogP contribution < -0.4 is 0 Å². The molecule has 0 unspecified atom stereocenters. The highest BCUT2D eigenvalue weighted by atomic mass is 32.1. The van der Waals surface area contributed by atoms with Crippen molar-refractivity contribution in [2.24, 2.45) is 0 Å². The summed E-state index contributed by atoms with van der Waals surface area (Å²) in [6.07, 6.45) is 0. The van der Waals surface area contributed by atoms with Crippen molar-refractivity contribution in [1.29, 1.82) is 0 Å². The molecule has 0 saturated carbocycles. The SMILES string of the molecule is CC(C)(C)c1ccc2c(S)c(O)c(C(C)(C)C)cc2c1.